The highest BCUT2D eigenvalue weighted by molar-refractivity contribution is 5.85. The molecule has 0 aliphatic carbocycles. The van der Waals surface area contributed by atoms with E-state index in [-0.39, 0.29) is 12.4 Å². The van der Waals surface area contributed by atoms with E-state index in [9.17, 15) is 0 Å². The Labute approximate surface area is 145 Å². The lowest BCUT2D eigenvalue weighted by molar-refractivity contribution is 0.174. The number of aromatic nitrogens is 2. The molecule has 0 atom stereocenters. The van der Waals surface area contributed by atoms with Crippen LogP contribution >= 0.6 is 12.4 Å². The van der Waals surface area contributed by atoms with Gasteiger partial charge in [0, 0.05) is 12.7 Å². The molecule has 23 heavy (non-hydrogen) atoms. The van der Waals surface area contributed by atoms with Gasteiger partial charge in [0.1, 0.15) is 0 Å². The highest BCUT2D eigenvalue weighted by atomic mass is 35.5. The third-order valence-corrected chi connectivity index (χ3v) is 4.44. The highest BCUT2D eigenvalue weighted by Gasteiger charge is 2.19. The Hall–Kier alpha value is -1.36. The van der Waals surface area contributed by atoms with E-state index in [4.69, 9.17) is 5.10 Å². The summed E-state index contributed by atoms with van der Waals surface area (Å²) in [5.74, 6) is 0.845. The number of para-hydroxylation sites is 1. The smallest absolute Gasteiger partial charge is 0.0769 e. The summed E-state index contributed by atoms with van der Waals surface area (Å²) in [6, 6.07) is 12.4. The lowest BCUT2D eigenvalue weighted by atomic mass is 9.97. The monoisotopic (exact) mass is 334 g/mol. The molecule has 126 valence electrons. The number of benzene rings is 1. The molecule has 4 nitrogen and oxygen atoms in total. The molecule has 0 radical (unpaired) electrons. The first-order valence-electron chi connectivity index (χ1n) is 8.38. The standard InChI is InChI=1S/C18H26N4.ClH/c1-2-19-14-16-8-11-21(12-9-16)15-17-10-13-22(20-17)18-6-4-3-5-7-18;/h3-7,10,13,16,19H,2,8-9,11-12,14-15H2,1H3;1H. The lowest BCUT2D eigenvalue weighted by Crippen LogP contribution is -2.36. The van der Waals surface area contributed by atoms with Crippen LogP contribution in [0.25, 0.3) is 5.69 Å². The van der Waals surface area contributed by atoms with Crippen molar-refractivity contribution < 1.29 is 0 Å². The van der Waals surface area contributed by atoms with E-state index in [1.165, 1.54) is 32.5 Å². The predicted octanol–water partition coefficient (Wildman–Crippen LogP) is 3.12. The van der Waals surface area contributed by atoms with Crippen LogP contribution in [0, 0.1) is 5.92 Å². The molecule has 0 saturated carbocycles. The number of halogens is 1. The fourth-order valence-electron chi connectivity index (χ4n) is 3.10. The van der Waals surface area contributed by atoms with Crippen LogP contribution in [-0.4, -0.2) is 40.9 Å². The largest absolute Gasteiger partial charge is 0.317 e. The first-order chi connectivity index (χ1) is 10.8. The van der Waals surface area contributed by atoms with Crippen LogP contribution in [0.3, 0.4) is 0 Å². The summed E-state index contributed by atoms with van der Waals surface area (Å²) < 4.78 is 1.97. The average molecular weight is 335 g/mol. The molecule has 1 fully saturated rings. The Morgan fingerprint density at radius 3 is 2.57 bits per heavy atom. The van der Waals surface area contributed by atoms with E-state index >= 15 is 0 Å². The van der Waals surface area contributed by atoms with Crippen molar-refractivity contribution >= 4 is 12.4 Å². The molecule has 0 spiro atoms. The fraction of sp³-hybridized carbons (Fsp3) is 0.500. The van der Waals surface area contributed by atoms with Gasteiger partial charge in [-0.1, -0.05) is 25.1 Å². The maximum Gasteiger partial charge on any atom is 0.0769 e. The van der Waals surface area contributed by atoms with Gasteiger partial charge in [0.15, 0.2) is 0 Å². The molecular formula is C18H27ClN4. The fourth-order valence-corrected chi connectivity index (χ4v) is 3.10. The molecule has 0 bridgehead atoms. The number of likely N-dealkylation sites (tertiary alicyclic amines) is 1. The van der Waals surface area contributed by atoms with Crippen molar-refractivity contribution in [2.24, 2.45) is 5.92 Å². The first-order valence-corrected chi connectivity index (χ1v) is 8.38. The number of hydrogen-bond acceptors (Lipinski definition) is 3. The van der Waals surface area contributed by atoms with E-state index in [1.54, 1.807) is 0 Å². The van der Waals surface area contributed by atoms with Crippen molar-refractivity contribution in [3.63, 3.8) is 0 Å². The Kier molecular flexibility index (Phi) is 7.09. The van der Waals surface area contributed by atoms with Gasteiger partial charge in [0.25, 0.3) is 0 Å². The van der Waals surface area contributed by atoms with E-state index in [0.29, 0.717) is 0 Å². The molecule has 1 aromatic carbocycles. The second-order valence-electron chi connectivity index (χ2n) is 6.11. The minimum atomic E-state index is 0. The average Bonchev–Trinajstić information content (AvgIpc) is 3.04. The van der Waals surface area contributed by atoms with Crippen molar-refractivity contribution in [2.75, 3.05) is 26.2 Å². The van der Waals surface area contributed by atoms with E-state index in [0.717, 1.165) is 30.4 Å². The van der Waals surface area contributed by atoms with E-state index in [2.05, 4.69) is 41.5 Å². The summed E-state index contributed by atoms with van der Waals surface area (Å²) in [6.07, 6.45) is 4.65. The van der Waals surface area contributed by atoms with Crippen LogP contribution in [-0.2, 0) is 6.54 Å². The van der Waals surface area contributed by atoms with Crippen LogP contribution in [0.15, 0.2) is 42.6 Å². The topological polar surface area (TPSA) is 33.1 Å². The maximum atomic E-state index is 4.71. The van der Waals surface area contributed by atoms with Crippen molar-refractivity contribution in [3.8, 4) is 5.69 Å². The Morgan fingerprint density at radius 2 is 1.87 bits per heavy atom. The third kappa shape index (κ3) is 5.06. The zero-order chi connectivity index (χ0) is 15.2. The summed E-state index contributed by atoms with van der Waals surface area (Å²) in [4.78, 5) is 2.53. The molecule has 5 heteroatoms. The molecular weight excluding hydrogens is 308 g/mol. The van der Waals surface area contributed by atoms with E-state index in [1.807, 2.05) is 22.9 Å². The number of rotatable bonds is 6. The predicted molar refractivity (Wildman–Crippen MR) is 97.4 cm³/mol. The molecule has 2 heterocycles. The van der Waals surface area contributed by atoms with E-state index < -0.39 is 0 Å². The molecule has 1 saturated heterocycles. The molecule has 1 aromatic heterocycles. The molecule has 3 rings (SSSR count). The van der Waals surface area contributed by atoms with Gasteiger partial charge in [0.2, 0.25) is 0 Å². The minimum absolute atomic E-state index is 0. The van der Waals surface area contributed by atoms with Crippen LogP contribution in [0.5, 0.6) is 0 Å². The second-order valence-corrected chi connectivity index (χ2v) is 6.11. The summed E-state index contributed by atoms with van der Waals surface area (Å²) in [6.45, 7) is 7.78. The quantitative estimate of drug-likeness (QED) is 0.881. The molecule has 1 aliphatic heterocycles. The van der Waals surface area contributed by atoms with Crippen LogP contribution < -0.4 is 5.32 Å². The van der Waals surface area contributed by atoms with Gasteiger partial charge in [-0.2, -0.15) is 5.10 Å². The van der Waals surface area contributed by atoms with Crippen molar-refractivity contribution in [1.82, 2.24) is 20.0 Å². The van der Waals surface area contributed by atoms with Crippen molar-refractivity contribution in [3.05, 3.63) is 48.3 Å². The first kappa shape index (κ1) is 18.0. The molecule has 0 amide bonds. The van der Waals surface area contributed by atoms with Gasteiger partial charge in [-0.05, 0) is 63.1 Å². The Morgan fingerprint density at radius 1 is 1.13 bits per heavy atom. The second kappa shape index (κ2) is 9.06. The van der Waals surface area contributed by atoms with Crippen LogP contribution in [0.1, 0.15) is 25.5 Å². The van der Waals surface area contributed by atoms with Gasteiger partial charge in [-0.15, -0.1) is 12.4 Å². The van der Waals surface area contributed by atoms with Gasteiger partial charge >= 0.3 is 0 Å². The van der Waals surface area contributed by atoms with Crippen molar-refractivity contribution in [2.45, 2.75) is 26.3 Å². The summed E-state index contributed by atoms with van der Waals surface area (Å²) in [5.41, 5.74) is 2.28. The summed E-state index contributed by atoms with van der Waals surface area (Å²) >= 11 is 0. The maximum absolute atomic E-state index is 4.71. The molecule has 1 aliphatic rings. The SMILES string of the molecule is CCNCC1CCN(Cc2ccn(-c3ccccc3)n2)CC1.Cl. The highest BCUT2D eigenvalue weighted by Crippen LogP contribution is 2.18. The summed E-state index contributed by atoms with van der Waals surface area (Å²) in [7, 11) is 0. The van der Waals surface area contributed by atoms with Gasteiger partial charge < -0.3 is 5.32 Å². The summed E-state index contributed by atoms with van der Waals surface area (Å²) in [5, 5.41) is 8.18. The molecule has 2 aromatic rings. The van der Waals surface area contributed by atoms with Crippen LogP contribution in [0.2, 0.25) is 0 Å². The molecule has 0 unspecified atom stereocenters. The number of hydrogen-bond donors (Lipinski definition) is 1. The van der Waals surface area contributed by atoms with Crippen molar-refractivity contribution in [1.29, 1.82) is 0 Å². The lowest BCUT2D eigenvalue weighted by Gasteiger charge is -2.31. The van der Waals surface area contributed by atoms with Gasteiger partial charge in [0.05, 0.1) is 11.4 Å². The normalized spacial score (nSPS) is 16.2. The van der Waals surface area contributed by atoms with Gasteiger partial charge in [-0.3, -0.25) is 4.90 Å². The number of nitrogens with zero attached hydrogens (tertiary/aromatic N) is 3. The molecule has 1 N–H and O–H groups in total. The Bertz CT molecular complexity index is 561. The number of nitrogens with one attached hydrogen (secondary N) is 1. The van der Waals surface area contributed by atoms with Crippen LogP contribution in [0.4, 0.5) is 0 Å². The number of piperidine rings is 1. The zero-order valence-electron chi connectivity index (χ0n) is 13.8. The van der Waals surface area contributed by atoms with Gasteiger partial charge in [-0.25, -0.2) is 4.68 Å². The zero-order valence-corrected chi connectivity index (χ0v) is 14.6. The third-order valence-electron chi connectivity index (χ3n) is 4.44. The minimum Gasteiger partial charge on any atom is -0.317 e. The Balaban J connectivity index is 0.00000192.